The summed E-state index contributed by atoms with van der Waals surface area (Å²) < 4.78 is 12.7. The molecule has 3 heterocycles. The monoisotopic (exact) mass is 951 g/mol. The van der Waals surface area contributed by atoms with Crippen LogP contribution >= 0.6 is 0 Å². The van der Waals surface area contributed by atoms with E-state index in [-0.39, 0.29) is 5.41 Å². The van der Waals surface area contributed by atoms with Gasteiger partial charge in [-0.3, -0.25) is 0 Å². The molecular formula is C53H48N4OPt. The van der Waals surface area contributed by atoms with Gasteiger partial charge in [0.05, 0.1) is 0 Å². The van der Waals surface area contributed by atoms with Gasteiger partial charge in [0.1, 0.15) is 0 Å². The van der Waals surface area contributed by atoms with Crippen LogP contribution in [0.5, 0.6) is 11.5 Å². The molecular weight excluding hydrogens is 904 g/mol. The maximum atomic E-state index is 6.83. The third-order valence-electron chi connectivity index (χ3n) is 12.4. The van der Waals surface area contributed by atoms with E-state index in [1.807, 2.05) is 6.20 Å². The van der Waals surface area contributed by atoms with Crippen LogP contribution in [0.25, 0.3) is 44.7 Å². The number of nitrogens with zero attached hydrogens (tertiary/aromatic N) is 4. The average molecular weight is 952 g/mol. The van der Waals surface area contributed by atoms with Crippen LogP contribution in [-0.4, -0.2) is 20.7 Å². The van der Waals surface area contributed by atoms with E-state index in [0.717, 1.165) is 50.1 Å². The fourth-order valence-corrected chi connectivity index (χ4v) is 10.5. The molecule has 0 bridgehead atoms. The van der Waals surface area contributed by atoms with E-state index in [9.17, 15) is 0 Å². The number of benzene rings is 6. The molecule has 6 heteroatoms. The SMILES string of the molecule is CC(C)(C)c1ccnc(N2CC3CCCCC3c3ccc(Oc4cccc(-n5[c](=[Pt])n(-c6c(-c7ccccc7)cccc6-c6ccccc6)c6ccccc65)c4)cc32)c1. The second-order valence-electron chi connectivity index (χ2n) is 17.1. The molecule has 296 valence electrons. The molecule has 0 N–H and O–H groups in total. The van der Waals surface area contributed by atoms with Crippen LogP contribution in [0.15, 0.2) is 164 Å². The van der Waals surface area contributed by atoms with Gasteiger partial charge in [0, 0.05) is 6.20 Å². The Morgan fingerprint density at radius 3 is 1.98 bits per heavy atom. The van der Waals surface area contributed by atoms with Crippen LogP contribution in [0.4, 0.5) is 11.5 Å². The van der Waals surface area contributed by atoms with Crippen molar-refractivity contribution in [2.45, 2.75) is 57.8 Å². The molecule has 10 rings (SSSR count). The fraction of sp³-hybridized carbons (Fsp3) is 0.208. The van der Waals surface area contributed by atoms with E-state index in [1.54, 1.807) is 0 Å². The summed E-state index contributed by atoms with van der Waals surface area (Å²) in [7, 11) is 0. The van der Waals surface area contributed by atoms with Gasteiger partial charge in [-0.15, -0.1) is 0 Å². The van der Waals surface area contributed by atoms with E-state index in [2.05, 4.69) is 212 Å². The molecule has 2 unspecified atom stereocenters. The number of rotatable bonds is 7. The standard InChI is InChI=1S/C53H48N4O.Pt/c1-53(2,3)40-30-31-54-51(32-40)55-35-39-20-10-11-23-44(39)47-29-28-43(34-50(47)55)58-42-22-14-21-41(33-42)56-36-57(49-27-13-12-26-48(49)56)52-45(37-16-6-4-7-17-37)24-15-25-46(52)38-18-8-5-9-19-38;/h4-9,12-19,21-22,24-34,39,44H,10-11,20,23,35H2,1-3H3;. The number of para-hydroxylation sites is 3. The van der Waals surface area contributed by atoms with Crippen LogP contribution in [0.1, 0.15) is 63.5 Å². The molecule has 5 nitrogen and oxygen atoms in total. The van der Waals surface area contributed by atoms with Gasteiger partial charge in [-0.2, -0.15) is 0 Å². The van der Waals surface area contributed by atoms with Crippen molar-refractivity contribution in [2.24, 2.45) is 5.92 Å². The Morgan fingerprint density at radius 1 is 0.627 bits per heavy atom. The molecule has 1 fully saturated rings. The van der Waals surface area contributed by atoms with E-state index in [1.165, 1.54) is 64.8 Å². The third-order valence-corrected chi connectivity index (χ3v) is 13.4. The van der Waals surface area contributed by atoms with Crippen LogP contribution in [0, 0.1) is 9.72 Å². The van der Waals surface area contributed by atoms with Crippen molar-refractivity contribution < 1.29 is 24.1 Å². The van der Waals surface area contributed by atoms with Crippen LogP contribution in [0.2, 0.25) is 0 Å². The molecule has 1 saturated carbocycles. The van der Waals surface area contributed by atoms with Crippen LogP contribution in [-0.2, 0) is 24.8 Å². The number of ether oxygens (including phenoxy) is 1. The van der Waals surface area contributed by atoms with Crippen molar-refractivity contribution in [1.29, 1.82) is 0 Å². The van der Waals surface area contributed by atoms with Gasteiger partial charge in [0.25, 0.3) is 0 Å². The van der Waals surface area contributed by atoms with Crippen molar-refractivity contribution in [3.8, 4) is 45.1 Å². The zero-order valence-corrected chi connectivity index (χ0v) is 36.1. The molecule has 2 aliphatic rings. The number of imidazole rings is 1. The Hall–Kier alpha value is -5.77. The molecule has 8 aromatic rings. The minimum absolute atomic E-state index is 0.0390. The van der Waals surface area contributed by atoms with Crippen molar-refractivity contribution >= 4 is 22.5 Å². The summed E-state index contributed by atoms with van der Waals surface area (Å²) in [6, 6.07) is 56.5. The number of hydrogen-bond acceptors (Lipinski definition) is 3. The second-order valence-corrected chi connectivity index (χ2v) is 18.1. The molecule has 0 spiro atoms. The Kier molecular flexibility index (Phi) is 9.81. The van der Waals surface area contributed by atoms with Gasteiger partial charge >= 0.3 is 297 Å². The Balaban J connectivity index is 1.07. The summed E-state index contributed by atoms with van der Waals surface area (Å²) in [6.45, 7) is 7.80. The minimum atomic E-state index is 0.0390. The summed E-state index contributed by atoms with van der Waals surface area (Å²) in [6.07, 6.45) is 7.09. The van der Waals surface area contributed by atoms with Gasteiger partial charge in [0.15, 0.2) is 0 Å². The van der Waals surface area contributed by atoms with E-state index in [0.29, 0.717) is 11.8 Å². The van der Waals surface area contributed by atoms with E-state index < -0.39 is 0 Å². The maximum absolute atomic E-state index is 6.83. The van der Waals surface area contributed by atoms with Crippen molar-refractivity contribution in [3.05, 3.63) is 179 Å². The number of pyridine rings is 1. The number of hydrogen-bond donors (Lipinski definition) is 0. The molecule has 59 heavy (non-hydrogen) atoms. The fourth-order valence-electron chi connectivity index (χ4n) is 9.43. The average Bonchev–Trinajstić information content (AvgIpc) is 3.57. The van der Waals surface area contributed by atoms with Crippen molar-refractivity contribution in [3.63, 3.8) is 0 Å². The van der Waals surface area contributed by atoms with E-state index in [4.69, 9.17) is 9.72 Å². The Labute approximate surface area is 358 Å². The van der Waals surface area contributed by atoms with Crippen molar-refractivity contribution in [1.82, 2.24) is 14.1 Å². The topological polar surface area (TPSA) is 35.2 Å². The molecule has 2 aromatic heterocycles. The first-order valence-corrected chi connectivity index (χ1v) is 22.0. The zero-order chi connectivity index (χ0) is 40.1. The summed E-state index contributed by atoms with van der Waals surface area (Å²) in [5.74, 6) is 3.85. The van der Waals surface area contributed by atoms with Gasteiger partial charge in [-0.1, -0.05) is 33.6 Å². The van der Waals surface area contributed by atoms with Gasteiger partial charge in [0.2, 0.25) is 0 Å². The zero-order valence-electron chi connectivity index (χ0n) is 33.8. The summed E-state index contributed by atoms with van der Waals surface area (Å²) in [5.41, 5.74) is 13.1. The first kappa shape index (κ1) is 37.5. The third kappa shape index (κ3) is 7.00. The summed E-state index contributed by atoms with van der Waals surface area (Å²) in [4.78, 5) is 7.42. The number of fused-ring (bicyclic) bond motifs is 4. The Bertz CT molecular complexity index is 2810. The Morgan fingerprint density at radius 2 is 1.27 bits per heavy atom. The first-order valence-electron chi connectivity index (χ1n) is 20.9. The quantitative estimate of drug-likeness (QED) is 0.160. The molecule has 0 saturated heterocycles. The molecule has 2 atom stereocenters. The number of anilines is 2. The first-order chi connectivity index (χ1) is 28.8. The molecule has 0 radical (unpaired) electrons. The molecule has 1 aliphatic heterocycles. The summed E-state index contributed by atoms with van der Waals surface area (Å²) in [5, 5.41) is 0. The number of aromatic nitrogens is 3. The molecule has 0 amide bonds. The van der Waals surface area contributed by atoms with E-state index >= 15 is 0 Å². The van der Waals surface area contributed by atoms with Crippen LogP contribution in [0.3, 0.4) is 0 Å². The van der Waals surface area contributed by atoms with Gasteiger partial charge in [-0.05, 0) is 23.5 Å². The predicted octanol–water partition coefficient (Wildman–Crippen LogP) is 13.7. The molecule has 1 aliphatic carbocycles. The van der Waals surface area contributed by atoms with Crippen LogP contribution < -0.4 is 9.64 Å². The molecule has 6 aromatic carbocycles. The summed E-state index contributed by atoms with van der Waals surface area (Å²) >= 11 is 2.51. The van der Waals surface area contributed by atoms with Gasteiger partial charge in [-0.25, -0.2) is 0 Å². The predicted molar refractivity (Wildman–Crippen MR) is 238 cm³/mol. The van der Waals surface area contributed by atoms with Crippen molar-refractivity contribution in [2.75, 3.05) is 11.4 Å². The van der Waals surface area contributed by atoms with Gasteiger partial charge < -0.3 is 0 Å². The normalized spacial score (nSPS) is 16.5. The second kappa shape index (κ2) is 15.4.